The van der Waals surface area contributed by atoms with Gasteiger partial charge in [0.1, 0.15) is 11.5 Å². The molecule has 0 amide bonds. The lowest BCUT2D eigenvalue weighted by molar-refractivity contribution is -0.143. The number of carbonyl (C=O) groups is 2. The molecule has 2 rings (SSSR count). The van der Waals surface area contributed by atoms with Gasteiger partial charge in [0.25, 0.3) is 0 Å². The second-order valence-electron chi connectivity index (χ2n) is 4.02. The number of hydrogen-bond acceptors (Lipinski definition) is 7. The quantitative estimate of drug-likeness (QED) is 0.578. The number of carbonyl (C=O) groups excluding carboxylic acids is 2. The van der Waals surface area contributed by atoms with Crippen LogP contribution in [0.3, 0.4) is 0 Å². The van der Waals surface area contributed by atoms with Gasteiger partial charge in [-0.2, -0.15) is 9.97 Å². The van der Waals surface area contributed by atoms with Crippen LogP contribution in [0, 0.1) is 5.92 Å². The lowest BCUT2D eigenvalue weighted by Gasteiger charge is -2.22. The van der Waals surface area contributed by atoms with Crippen LogP contribution >= 0.6 is 0 Å². The van der Waals surface area contributed by atoms with Crippen LogP contribution in [-0.2, 0) is 16.0 Å². The summed E-state index contributed by atoms with van der Waals surface area (Å²) in [6.45, 7) is 0. The third-order valence-electron chi connectivity index (χ3n) is 3.02. The molecule has 7 nitrogen and oxygen atoms in total. The molecule has 0 radical (unpaired) electrons. The maximum absolute atomic E-state index is 12.3. The Hall–Kier alpha value is -2.18. The van der Waals surface area contributed by atoms with Crippen molar-refractivity contribution >= 4 is 11.8 Å². The van der Waals surface area contributed by atoms with Crippen molar-refractivity contribution in [2.75, 3.05) is 21.3 Å². The molecule has 1 unspecified atom stereocenters. The number of esters is 1. The second kappa shape index (κ2) is 5.21. The molecule has 0 aliphatic heterocycles. The Kier molecular flexibility index (Phi) is 3.64. The molecule has 0 saturated heterocycles. The number of aryl methyl sites for hydroxylation is 1. The molecular weight excluding hydrogens is 252 g/mol. The van der Waals surface area contributed by atoms with Gasteiger partial charge in [-0.05, 0) is 12.8 Å². The van der Waals surface area contributed by atoms with Gasteiger partial charge >= 0.3 is 12.0 Å². The van der Waals surface area contributed by atoms with E-state index in [0.717, 1.165) is 0 Å². The first-order valence-corrected chi connectivity index (χ1v) is 5.73. The van der Waals surface area contributed by atoms with E-state index in [1.54, 1.807) is 0 Å². The van der Waals surface area contributed by atoms with Crippen molar-refractivity contribution in [2.24, 2.45) is 5.92 Å². The second-order valence-corrected chi connectivity index (χ2v) is 4.02. The summed E-state index contributed by atoms with van der Waals surface area (Å²) in [5, 5.41) is 0. The van der Waals surface area contributed by atoms with Crippen molar-refractivity contribution in [1.82, 2.24) is 9.97 Å². The number of fused-ring (bicyclic) bond motifs is 1. The lowest BCUT2D eigenvalue weighted by atomic mass is 9.85. The summed E-state index contributed by atoms with van der Waals surface area (Å²) < 4.78 is 14.7. The first-order chi connectivity index (χ1) is 9.12. The van der Waals surface area contributed by atoms with Gasteiger partial charge in [0.15, 0.2) is 5.78 Å². The van der Waals surface area contributed by atoms with Gasteiger partial charge in [0.05, 0.1) is 27.0 Å². The van der Waals surface area contributed by atoms with Crippen LogP contribution in [0.4, 0.5) is 0 Å². The summed E-state index contributed by atoms with van der Waals surface area (Å²) in [6, 6.07) is 0.139. The molecule has 0 saturated carbocycles. The molecule has 0 spiro atoms. The first kappa shape index (κ1) is 13.3. The van der Waals surface area contributed by atoms with Gasteiger partial charge in [-0.25, -0.2) is 0 Å². The zero-order valence-electron chi connectivity index (χ0n) is 10.9. The van der Waals surface area contributed by atoms with E-state index in [-0.39, 0.29) is 23.2 Å². The number of ketones is 1. The maximum atomic E-state index is 12.3. The fourth-order valence-corrected chi connectivity index (χ4v) is 2.08. The maximum Gasteiger partial charge on any atom is 0.319 e. The van der Waals surface area contributed by atoms with E-state index in [4.69, 9.17) is 9.47 Å². The number of Topliss-reactive ketones (excluding diaryl/α,β-unsaturated/α-hetero) is 1. The van der Waals surface area contributed by atoms with E-state index in [2.05, 4.69) is 14.7 Å². The fourth-order valence-electron chi connectivity index (χ4n) is 2.08. The van der Waals surface area contributed by atoms with Crippen molar-refractivity contribution in [2.45, 2.75) is 12.8 Å². The number of hydrogen-bond donors (Lipinski definition) is 0. The van der Waals surface area contributed by atoms with Crippen LogP contribution < -0.4 is 9.47 Å². The summed E-state index contributed by atoms with van der Waals surface area (Å²) in [4.78, 5) is 31.9. The summed E-state index contributed by atoms with van der Waals surface area (Å²) in [5.74, 6) is -1.61. The zero-order chi connectivity index (χ0) is 14.0. The van der Waals surface area contributed by atoms with E-state index in [1.165, 1.54) is 21.3 Å². The Balaban J connectivity index is 2.48. The molecule has 7 heteroatoms. The van der Waals surface area contributed by atoms with Crippen molar-refractivity contribution < 1.29 is 23.8 Å². The molecule has 0 bridgehead atoms. The average Bonchev–Trinajstić information content (AvgIpc) is 2.45. The molecule has 1 aliphatic rings. The first-order valence-electron chi connectivity index (χ1n) is 5.73. The number of methoxy groups -OCH3 is 3. The minimum Gasteiger partial charge on any atom is -0.480 e. The highest BCUT2D eigenvalue weighted by Gasteiger charge is 2.37. The highest BCUT2D eigenvalue weighted by atomic mass is 16.5. The average molecular weight is 266 g/mol. The summed E-state index contributed by atoms with van der Waals surface area (Å²) in [7, 11) is 4.09. The largest absolute Gasteiger partial charge is 0.480 e. The van der Waals surface area contributed by atoms with Crippen molar-refractivity contribution in [1.29, 1.82) is 0 Å². The third-order valence-corrected chi connectivity index (χ3v) is 3.02. The predicted molar refractivity (Wildman–Crippen MR) is 63.3 cm³/mol. The van der Waals surface area contributed by atoms with Gasteiger partial charge in [0, 0.05) is 0 Å². The number of rotatable bonds is 3. The van der Waals surface area contributed by atoms with Crippen LogP contribution in [0.15, 0.2) is 0 Å². The number of ether oxygens (including phenoxy) is 3. The molecule has 1 aliphatic carbocycles. The van der Waals surface area contributed by atoms with Crippen molar-refractivity contribution in [3.63, 3.8) is 0 Å². The standard InChI is InChI=1S/C12H14N2O5/c1-17-10-8-7(13-12(14-10)19-3)5-4-6(9(8)15)11(16)18-2/h6H,4-5H2,1-3H3. The van der Waals surface area contributed by atoms with E-state index in [9.17, 15) is 9.59 Å². The van der Waals surface area contributed by atoms with Crippen LogP contribution in [0.1, 0.15) is 22.5 Å². The highest BCUT2D eigenvalue weighted by molar-refractivity contribution is 6.11. The van der Waals surface area contributed by atoms with Gasteiger partial charge in [-0.3, -0.25) is 9.59 Å². The Morgan fingerprint density at radius 2 is 1.95 bits per heavy atom. The molecule has 0 fully saturated rings. The summed E-state index contributed by atoms with van der Waals surface area (Å²) >= 11 is 0. The summed E-state index contributed by atoms with van der Waals surface area (Å²) in [5.41, 5.74) is 0.777. The minimum absolute atomic E-state index is 0.125. The lowest BCUT2D eigenvalue weighted by Crippen LogP contribution is -2.31. The molecule has 1 aromatic rings. The minimum atomic E-state index is -0.816. The molecule has 0 N–H and O–H groups in total. The van der Waals surface area contributed by atoms with Crippen LogP contribution in [0.2, 0.25) is 0 Å². The van der Waals surface area contributed by atoms with Crippen LogP contribution in [0.25, 0.3) is 0 Å². The van der Waals surface area contributed by atoms with E-state index < -0.39 is 11.9 Å². The normalized spacial score (nSPS) is 17.6. The Morgan fingerprint density at radius 1 is 1.21 bits per heavy atom. The number of aromatic nitrogens is 2. The summed E-state index contributed by atoms with van der Waals surface area (Å²) in [6.07, 6.45) is 0.831. The van der Waals surface area contributed by atoms with E-state index >= 15 is 0 Å². The van der Waals surface area contributed by atoms with Gasteiger partial charge in [-0.1, -0.05) is 0 Å². The van der Waals surface area contributed by atoms with Crippen molar-refractivity contribution in [3.8, 4) is 11.9 Å². The van der Waals surface area contributed by atoms with Gasteiger partial charge in [-0.15, -0.1) is 0 Å². The molecule has 102 valence electrons. The molecule has 19 heavy (non-hydrogen) atoms. The Morgan fingerprint density at radius 3 is 2.53 bits per heavy atom. The molecule has 1 heterocycles. The molecular formula is C12H14N2O5. The smallest absolute Gasteiger partial charge is 0.319 e. The van der Waals surface area contributed by atoms with Crippen molar-refractivity contribution in [3.05, 3.63) is 11.3 Å². The van der Waals surface area contributed by atoms with Crippen LogP contribution in [0.5, 0.6) is 11.9 Å². The fraction of sp³-hybridized carbons (Fsp3) is 0.500. The molecule has 1 atom stereocenters. The highest BCUT2D eigenvalue weighted by Crippen LogP contribution is 2.31. The van der Waals surface area contributed by atoms with E-state index in [1.807, 2.05) is 0 Å². The predicted octanol–water partition coefficient (Wildman–Crippen LogP) is 0.412. The molecule has 1 aromatic heterocycles. The number of nitrogens with zero attached hydrogens (tertiary/aromatic N) is 2. The van der Waals surface area contributed by atoms with E-state index in [0.29, 0.717) is 18.5 Å². The monoisotopic (exact) mass is 266 g/mol. The molecule has 0 aromatic carbocycles. The zero-order valence-corrected chi connectivity index (χ0v) is 10.9. The Bertz CT molecular complexity index is 512. The van der Waals surface area contributed by atoms with Gasteiger partial charge in [0.2, 0.25) is 5.88 Å². The third kappa shape index (κ3) is 2.23. The SMILES string of the molecule is COC(=O)C1CCc2nc(OC)nc(OC)c2C1=O. The van der Waals surface area contributed by atoms with Gasteiger partial charge < -0.3 is 14.2 Å². The van der Waals surface area contributed by atoms with Crippen LogP contribution in [-0.4, -0.2) is 43.0 Å². The topological polar surface area (TPSA) is 87.6 Å². The Labute approximate surface area is 109 Å².